The maximum absolute atomic E-state index is 12.2. The molecule has 0 saturated heterocycles. The van der Waals surface area contributed by atoms with Crippen LogP contribution in [0, 0.1) is 13.8 Å². The van der Waals surface area contributed by atoms with Crippen molar-refractivity contribution in [2.75, 3.05) is 12.4 Å². The molecule has 1 aromatic rings. The first kappa shape index (κ1) is 18.0. The van der Waals surface area contributed by atoms with Crippen LogP contribution in [0.1, 0.15) is 39.0 Å². The molecular weight excluding hydrogens is 284 g/mol. The van der Waals surface area contributed by atoms with Gasteiger partial charge in [-0.1, -0.05) is 0 Å². The normalized spacial score (nSPS) is 14.0. The summed E-state index contributed by atoms with van der Waals surface area (Å²) in [7, 11) is 0. The second-order valence-electron chi connectivity index (χ2n) is 5.76. The van der Waals surface area contributed by atoms with Gasteiger partial charge in [0.1, 0.15) is 5.54 Å². The van der Waals surface area contributed by atoms with Crippen LogP contribution in [0.5, 0.6) is 0 Å². The van der Waals surface area contributed by atoms with Crippen LogP contribution in [0.3, 0.4) is 0 Å². The van der Waals surface area contributed by atoms with Crippen molar-refractivity contribution in [3.05, 3.63) is 23.4 Å². The number of rotatable bonds is 7. The van der Waals surface area contributed by atoms with Crippen LogP contribution in [0.15, 0.2) is 17.2 Å². The highest BCUT2D eigenvalue weighted by atomic mass is 32.2. The predicted octanol–water partition coefficient (Wildman–Crippen LogP) is 3.11. The molecule has 5 heteroatoms. The molecule has 118 valence electrons. The number of aromatic nitrogens is 1. The van der Waals surface area contributed by atoms with E-state index in [9.17, 15) is 4.79 Å². The monoisotopic (exact) mass is 310 g/mol. The van der Waals surface area contributed by atoms with Crippen LogP contribution in [0.4, 0.5) is 0 Å². The van der Waals surface area contributed by atoms with Gasteiger partial charge in [-0.25, -0.2) is 4.98 Å². The summed E-state index contributed by atoms with van der Waals surface area (Å²) < 4.78 is 5.21. The lowest BCUT2D eigenvalue weighted by Gasteiger charge is -2.30. The summed E-state index contributed by atoms with van der Waals surface area (Å²) in [6.07, 6.45) is 0. The van der Waals surface area contributed by atoms with Crippen LogP contribution in [-0.4, -0.2) is 34.9 Å². The predicted molar refractivity (Wildman–Crippen MR) is 87.7 cm³/mol. The van der Waals surface area contributed by atoms with Crippen molar-refractivity contribution < 1.29 is 9.53 Å². The number of aryl methyl sites for hydroxylation is 2. The lowest BCUT2D eigenvalue weighted by molar-refractivity contribution is -0.149. The molecule has 21 heavy (non-hydrogen) atoms. The number of nitrogens with one attached hydrogen (secondary N) is 1. The third kappa shape index (κ3) is 5.67. The van der Waals surface area contributed by atoms with Gasteiger partial charge in [0.25, 0.3) is 0 Å². The Morgan fingerprint density at radius 1 is 1.43 bits per heavy atom. The summed E-state index contributed by atoms with van der Waals surface area (Å²) in [5, 5.41) is 4.26. The van der Waals surface area contributed by atoms with Gasteiger partial charge >= 0.3 is 5.97 Å². The van der Waals surface area contributed by atoms with Gasteiger partial charge in [0.2, 0.25) is 0 Å². The van der Waals surface area contributed by atoms with E-state index >= 15 is 0 Å². The molecule has 4 nitrogen and oxygen atoms in total. The van der Waals surface area contributed by atoms with Crippen molar-refractivity contribution in [2.45, 2.75) is 58.1 Å². The first-order valence-corrected chi connectivity index (χ1v) is 8.28. The SMILES string of the molecule is CCOC(=O)C(C)(CSc1cc(C)cc(C)n1)NC(C)C. The Hall–Kier alpha value is -1.07. The Labute approximate surface area is 132 Å². The number of nitrogens with zero attached hydrogens (tertiary/aromatic N) is 1. The molecule has 0 spiro atoms. The Kier molecular flexibility index (Phi) is 6.68. The van der Waals surface area contributed by atoms with Gasteiger partial charge < -0.3 is 4.74 Å². The van der Waals surface area contributed by atoms with Crippen molar-refractivity contribution in [3.63, 3.8) is 0 Å². The molecule has 1 aromatic heterocycles. The molecule has 0 bridgehead atoms. The second kappa shape index (κ2) is 7.80. The Morgan fingerprint density at radius 3 is 2.62 bits per heavy atom. The van der Waals surface area contributed by atoms with Gasteiger partial charge in [-0.15, -0.1) is 11.8 Å². The number of carbonyl (C=O) groups excluding carboxylic acids is 1. The van der Waals surface area contributed by atoms with Gasteiger partial charge in [-0.2, -0.15) is 0 Å². The van der Waals surface area contributed by atoms with E-state index in [1.807, 2.05) is 46.8 Å². The van der Waals surface area contributed by atoms with E-state index in [2.05, 4.69) is 17.2 Å². The zero-order valence-electron chi connectivity index (χ0n) is 13.8. The molecule has 0 aliphatic rings. The highest BCUT2D eigenvalue weighted by molar-refractivity contribution is 7.99. The average Bonchev–Trinajstić information content (AvgIpc) is 2.35. The number of ether oxygens (including phenoxy) is 1. The van der Waals surface area contributed by atoms with Crippen LogP contribution >= 0.6 is 11.8 Å². The molecule has 1 atom stereocenters. The van der Waals surface area contributed by atoms with E-state index in [0.717, 1.165) is 10.7 Å². The molecule has 0 radical (unpaired) electrons. The number of hydrogen-bond donors (Lipinski definition) is 1. The van der Waals surface area contributed by atoms with Crippen molar-refractivity contribution >= 4 is 17.7 Å². The quantitative estimate of drug-likeness (QED) is 0.619. The summed E-state index contributed by atoms with van der Waals surface area (Å²) in [6, 6.07) is 4.28. The van der Waals surface area contributed by atoms with Gasteiger partial charge in [0, 0.05) is 17.5 Å². The first-order chi connectivity index (χ1) is 9.76. The topological polar surface area (TPSA) is 51.2 Å². The molecule has 0 saturated carbocycles. The van der Waals surface area contributed by atoms with Crippen LogP contribution in [-0.2, 0) is 9.53 Å². The van der Waals surface area contributed by atoms with Gasteiger partial charge in [0.15, 0.2) is 0 Å². The molecule has 1 N–H and O–H groups in total. The highest BCUT2D eigenvalue weighted by Crippen LogP contribution is 2.24. The van der Waals surface area contributed by atoms with E-state index in [1.54, 1.807) is 11.8 Å². The highest BCUT2D eigenvalue weighted by Gasteiger charge is 2.35. The number of carbonyl (C=O) groups is 1. The molecule has 0 amide bonds. The summed E-state index contributed by atoms with van der Waals surface area (Å²) >= 11 is 1.58. The van der Waals surface area contributed by atoms with Crippen LogP contribution in [0.2, 0.25) is 0 Å². The molecular formula is C16H26N2O2S. The minimum Gasteiger partial charge on any atom is -0.465 e. The van der Waals surface area contributed by atoms with Gasteiger partial charge in [-0.3, -0.25) is 10.1 Å². The molecule has 0 aliphatic heterocycles. The lowest BCUT2D eigenvalue weighted by Crippen LogP contribution is -2.55. The van der Waals surface area contributed by atoms with Gasteiger partial charge in [0.05, 0.1) is 11.6 Å². The third-order valence-corrected chi connectivity index (χ3v) is 4.14. The Balaban J connectivity index is 2.83. The van der Waals surface area contributed by atoms with Crippen molar-refractivity contribution in [3.8, 4) is 0 Å². The van der Waals surface area contributed by atoms with Gasteiger partial charge in [-0.05, 0) is 59.2 Å². The minimum atomic E-state index is -0.714. The van der Waals surface area contributed by atoms with E-state index < -0.39 is 5.54 Å². The van der Waals surface area contributed by atoms with E-state index in [0.29, 0.717) is 12.4 Å². The third-order valence-electron chi connectivity index (χ3n) is 2.92. The smallest absolute Gasteiger partial charge is 0.326 e. The molecule has 1 heterocycles. The lowest BCUT2D eigenvalue weighted by atomic mass is 10.0. The van der Waals surface area contributed by atoms with Crippen molar-refractivity contribution in [1.29, 1.82) is 0 Å². The Bertz CT molecular complexity index is 471. The zero-order valence-corrected chi connectivity index (χ0v) is 14.6. The first-order valence-electron chi connectivity index (χ1n) is 7.30. The van der Waals surface area contributed by atoms with Crippen LogP contribution in [0.25, 0.3) is 0 Å². The fourth-order valence-electron chi connectivity index (χ4n) is 2.18. The van der Waals surface area contributed by atoms with E-state index in [-0.39, 0.29) is 12.0 Å². The van der Waals surface area contributed by atoms with E-state index in [4.69, 9.17) is 4.74 Å². The molecule has 0 aromatic carbocycles. The summed E-state index contributed by atoms with van der Waals surface area (Å²) in [5.74, 6) is 0.371. The maximum Gasteiger partial charge on any atom is 0.326 e. The maximum atomic E-state index is 12.2. The largest absolute Gasteiger partial charge is 0.465 e. The summed E-state index contributed by atoms with van der Waals surface area (Å²) in [5.41, 5.74) is 1.46. The molecule has 1 unspecified atom stereocenters. The minimum absolute atomic E-state index is 0.201. The zero-order chi connectivity index (χ0) is 16.0. The summed E-state index contributed by atoms with van der Waals surface area (Å²) in [4.78, 5) is 16.7. The summed E-state index contributed by atoms with van der Waals surface area (Å²) in [6.45, 7) is 12.2. The average molecular weight is 310 g/mol. The molecule has 0 aliphatic carbocycles. The number of thioether (sulfide) groups is 1. The fraction of sp³-hybridized carbons (Fsp3) is 0.625. The molecule has 1 rings (SSSR count). The van der Waals surface area contributed by atoms with Crippen molar-refractivity contribution in [1.82, 2.24) is 10.3 Å². The standard InChI is InChI=1S/C16H26N2O2S/c1-7-20-15(19)16(6,18-11(2)3)10-21-14-9-12(4)8-13(5)17-14/h8-9,11,18H,7,10H2,1-6H3. The number of esters is 1. The number of hydrogen-bond acceptors (Lipinski definition) is 5. The van der Waals surface area contributed by atoms with Crippen molar-refractivity contribution in [2.24, 2.45) is 0 Å². The Morgan fingerprint density at radius 2 is 2.10 bits per heavy atom. The van der Waals surface area contributed by atoms with E-state index in [1.165, 1.54) is 5.56 Å². The number of pyridine rings is 1. The fourth-order valence-corrected chi connectivity index (χ4v) is 3.30. The van der Waals surface area contributed by atoms with Crippen LogP contribution < -0.4 is 5.32 Å². The molecule has 0 fully saturated rings. The second-order valence-corrected chi connectivity index (χ2v) is 6.76.